The van der Waals surface area contributed by atoms with Gasteiger partial charge in [-0.2, -0.15) is 0 Å². The fraction of sp³-hybridized carbons (Fsp3) is 0.143. The van der Waals surface area contributed by atoms with Crippen LogP contribution in [0.1, 0.15) is 0 Å². The summed E-state index contributed by atoms with van der Waals surface area (Å²) < 4.78 is 34.0. The molecule has 1 N–H and O–H groups in total. The Hall–Kier alpha value is -2.35. The summed E-state index contributed by atoms with van der Waals surface area (Å²) in [4.78, 5) is 0.167. The quantitative estimate of drug-likeness (QED) is 0.548. The number of para-hydroxylation sites is 1. The molecule has 0 aromatic heterocycles. The van der Waals surface area contributed by atoms with Gasteiger partial charge in [0.25, 0.3) is 10.0 Å². The molecular formula is C21H20BrNO4S. The largest absolute Gasteiger partial charge is 0.491 e. The molecule has 3 aromatic rings. The normalized spacial score (nSPS) is 12.4. The van der Waals surface area contributed by atoms with E-state index in [4.69, 9.17) is 4.74 Å². The number of nitrogens with zero attached hydrogens (tertiary/aromatic N) is 1. The molecule has 0 fully saturated rings. The van der Waals surface area contributed by atoms with Crippen molar-refractivity contribution in [3.63, 3.8) is 0 Å². The number of benzene rings is 3. The standard InChI is InChI=1S/C21H20BrNO4S/c22-17-11-13-20(14-12-17)27-16-19(24)15-23(18-7-3-1-4-8-18)28(25,26)21-9-5-2-6-10-21/h1-14,19,24H,15-16H2/t19-/m1/s1. The molecule has 146 valence electrons. The van der Waals surface area contributed by atoms with Crippen LogP contribution in [0, 0.1) is 0 Å². The van der Waals surface area contributed by atoms with Crippen molar-refractivity contribution in [3.8, 4) is 5.75 Å². The van der Waals surface area contributed by atoms with E-state index in [0.29, 0.717) is 11.4 Å². The Morgan fingerprint density at radius 1 is 0.893 bits per heavy atom. The zero-order valence-electron chi connectivity index (χ0n) is 15.0. The number of aliphatic hydroxyl groups is 1. The maximum absolute atomic E-state index is 13.1. The van der Waals surface area contributed by atoms with E-state index >= 15 is 0 Å². The lowest BCUT2D eigenvalue weighted by Crippen LogP contribution is -2.39. The molecule has 0 amide bonds. The second kappa shape index (κ2) is 9.23. The third-order valence-corrected chi connectivity index (χ3v) is 6.34. The third-order valence-electron chi connectivity index (χ3n) is 4.01. The number of halogens is 1. The van der Waals surface area contributed by atoms with Crippen molar-refractivity contribution in [3.05, 3.63) is 89.4 Å². The second-order valence-electron chi connectivity index (χ2n) is 6.10. The van der Waals surface area contributed by atoms with Gasteiger partial charge in [0.05, 0.1) is 17.1 Å². The van der Waals surface area contributed by atoms with Crippen LogP contribution in [-0.2, 0) is 10.0 Å². The molecule has 0 aliphatic heterocycles. The van der Waals surface area contributed by atoms with Crippen molar-refractivity contribution < 1.29 is 18.3 Å². The fourth-order valence-electron chi connectivity index (χ4n) is 2.62. The molecule has 0 spiro atoms. The van der Waals surface area contributed by atoms with Gasteiger partial charge in [-0.15, -0.1) is 0 Å². The highest BCUT2D eigenvalue weighted by molar-refractivity contribution is 9.10. The highest BCUT2D eigenvalue weighted by Gasteiger charge is 2.27. The van der Waals surface area contributed by atoms with Gasteiger partial charge >= 0.3 is 0 Å². The Kier molecular flexibility index (Phi) is 6.72. The molecule has 0 radical (unpaired) electrons. The topological polar surface area (TPSA) is 66.8 Å². The van der Waals surface area contributed by atoms with Gasteiger partial charge in [0.1, 0.15) is 18.5 Å². The summed E-state index contributed by atoms with van der Waals surface area (Å²) in [5, 5.41) is 10.5. The van der Waals surface area contributed by atoms with E-state index < -0.39 is 16.1 Å². The SMILES string of the molecule is O=S(=O)(c1ccccc1)N(C[C@@H](O)COc1ccc(Br)cc1)c1ccccc1. The number of rotatable bonds is 8. The maximum atomic E-state index is 13.1. The summed E-state index contributed by atoms with van der Waals surface area (Å²) in [7, 11) is -3.83. The van der Waals surface area contributed by atoms with Crippen molar-refractivity contribution in [2.45, 2.75) is 11.0 Å². The van der Waals surface area contributed by atoms with E-state index in [-0.39, 0.29) is 18.0 Å². The van der Waals surface area contributed by atoms with Crippen molar-refractivity contribution >= 4 is 31.6 Å². The minimum atomic E-state index is -3.83. The van der Waals surface area contributed by atoms with E-state index in [1.54, 1.807) is 54.6 Å². The minimum absolute atomic E-state index is 0.0325. The smallest absolute Gasteiger partial charge is 0.264 e. The van der Waals surface area contributed by atoms with Gasteiger partial charge in [0, 0.05) is 4.47 Å². The van der Waals surface area contributed by atoms with Gasteiger partial charge in [-0.3, -0.25) is 4.31 Å². The third kappa shape index (κ3) is 5.13. The monoisotopic (exact) mass is 461 g/mol. The lowest BCUT2D eigenvalue weighted by Gasteiger charge is -2.27. The van der Waals surface area contributed by atoms with Gasteiger partial charge < -0.3 is 9.84 Å². The maximum Gasteiger partial charge on any atom is 0.264 e. The fourth-order valence-corrected chi connectivity index (χ4v) is 4.41. The van der Waals surface area contributed by atoms with Crippen LogP contribution in [0.15, 0.2) is 94.3 Å². The van der Waals surface area contributed by atoms with Crippen molar-refractivity contribution in [1.82, 2.24) is 0 Å². The van der Waals surface area contributed by atoms with Crippen molar-refractivity contribution in [2.24, 2.45) is 0 Å². The van der Waals surface area contributed by atoms with Crippen LogP contribution in [0.3, 0.4) is 0 Å². The molecule has 7 heteroatoms. The second-order valence-corrected chi connectivity index (χ2v) is 8.88. The lowest BCUT2D eigenvalue weighted by atomic mass is 10.3. The minimum Gasteiger partial charge on any atom is -0.491 e. The molecule has 0 aliphatic rings. The molecule has 0 saturated heterocycles. The average molecular weight is 462 g/mol. The van der Waals surface area contributed by atoms with Crippen LogP contribution in [0.5, 0.6) is 5.75 Å². The first-order chi connectivity index (χ1) is 13.5. The number of aliphatic hydroxyl groups excluding tert-OH is 1. The summed E-state index contributed by atoms with van der Waals surface area (Å²) >= 11 is 3.35. The summed E-state index contributed by atoms with van der Waals surface area (Å²) in [5.74, 6) is 0.597. The predicted octanol–water partition coefficient (Wildman–Crippen LogP) is 4.08. The lowest BCUT2D eigenvalue weighted by molar-refractivity contribution is 0.115. The molecule has 3 aromatic carbocycles. The first kappa shape index (κ1) is 20.4. The Balaban J connectivity index is 1.79. The van der Waals surface area contributed by atoms with Crippen LogP contribution in [0.2, 0.25) is 0 Å². The van der Waals surface area contributed by atoms with Gasteiger partial charge in [-0.25, -0.2) is 8.42 Å². The van der Waals surface area contributed by atoms with Crippen LogP contribution in [0.4, 0.5) is 5.69 Å². The molecule has 3 rings (SSSR count). The van der Waals surface area contributed by atoms with Gasteiger partial charge in [0.2, 0.25) is 0 Å². The number of hydrogen-bond acceptors (Lipinski definition) is 4. The Morgan fingerprint density at radius 3 is 2.07 bits per heavy atom. The summed E-state index contributed by atoms with van der Waals surface area (Å²) in [5.41, 5.74) is 0.481. The predicted molar refractivity (Wildman–Crippen MR) is 113 cm³/mol. The highest BCUT2D eigenvalue weighted by atomic mass is 79.9. The molecule has 0 bridgehead atoms. The van der Waals surface area contributed by atoms with Gasteiger partial charge in [0.15, 0.2) is 0 Å². The zero-order chi connectivity index (χ0) is 20.0. The molecule has 0 saturated carbocycles. The van der Waals surface area contributed by atoms with Crippen molar-refractivity contribution in [2.75, 3.05) is 17.5 Å². The Bertz CT molecular complexity index is 980. The number of anilines is 1. The molecule has 0 heterocycles. The van der Waals surface area contributed by atoms with Crippen LogP contribution in [0.25, 0.3) is 0 Å². The first-order valence-electron chi connectivity index (χ1n) is 8.66. The highest BCUT2D eigenvalue weighted by Crippen LogP contribution is 2.24. The molecule has 1 atom stereocenters. The van der Waals surface area contributed by atoms with E-state index in [0.717, 1.165) is 4.47 Å². The van der Waals surface area contributed by atoms with Crippen LogP contribution < -0.4 is 9.04 Å². The number of sulfonamides is 1. The summed E-state index contributed by atoms with van der Waals surface area (Å²) in [6, 6.07) is 24.1. The van der Waals surface area contributed by atoms with Crippen LogP contribution in [-0.4, -0.2) is 32.8 Å². The van der Waals surface area contributed by atoms with Gasteiger partial charge in [-0.1, -0.05) is 52.3 Å². The zero-order valence-corrected chi connectivity index (χ0v) is 17.4. The van der Waals surface area contributed by atoms with E-state index in [9.17, 15) is 13.5 Å². The molecular weight excluding hydrogens is 442 g/mol. The average Bonchev–Trinajstić information content (AvgIpc) is 2.73. The molecule has 0 unspecified atom stereocenters. The van der Waals surface area contributed by atoms with Gasteiger partial charge in [-0.05, 0) is 48.5 Å². The van der Waals surface area contributed by atoms with Crippen LogP contribution >= 0.6 is 15.9 Å². The molecule has 0 aliphatic carbocycles. The van der Waals surface area contributed by atoms with E-state index in [2.05, 4.69) is 15.9 Å². The summed E-state index contributed by atoms with van der Waals surface area (Å²) in [6.07, 6.45) is -1.01. The summed E-state index contributed by atoms with van der Waals surface area (Å²) in [6.45, 7) is -0.160. The number of hydrogen-bond donors (Lipinski definition) is 1. The Labute approximate surface area is 173 Å². The van der Waals surface area contributed by atoms with Crippen molar-refractivity contribution in [1.29, 1.82) is 0 Å². The molecule has 28 heavy (non-hydrogen) atoms. The first-order valence-corrected chi connectivity index (χ1v) is 10.9. The van der Waals surface area contributed by atoms with E-state index in [1.807, 2.05) is 18.2 Å². The Morgan fingerprint density at radius 2 is 1.46 bits per heavy atom. The number of ether oxygens (including phenoxy) is 1. The molecule has 5 nitrogen and oxygen atoms in total. The van der Waals surface area contributed by atoms with E-state index in [1.165, 1.54) is 16.4 Å².